The highest BCUT2D eigenvalue weighted by Gasteiger charge is 2.42. The second-order valence-electron chi connectivity index (χ2n) is 8.00. The Balaban J connectivity index is 1.76. The number of hydrogen-bond donors (Lipinski definition) is 2. The number of ether oxygens (including phenoxy) is 2. The van der Waals surface area contributed by atoms with E-state index in [4.69, 9.17) is 9.47 Å². The van der Waals surface area contributed by atoms with E-state index in [9.17, 15) is 9.90 Å². The highest BCUT2D eigenvalue weighted by Crippen LogP contribution is 2.47. The largest absolute Gasteiger partial charge is 0.496 e. The number of nitrogens with zero attached hydrogens (tertiary/aromatic N) is 1. The van der Waals surface area contributed by atoms with Gasteiger partial charge in [0.05, 0.1) is 26.9 Å². The summed E-state index contributed by atoms with van der Waals surface area (Å²) in [5.41, 5.74) is 4.29. The maximum absolute atomic E-state index is 12.5. The zero-order chi connectivity index (χ0) is 20.5. The lowest BCUT2D eigenvalue weighted by Crippen LogP contribution is -2.47. The molecule has 1 aromatic heterocycles. The van der Waals surface area contributed by atoms with Crippen LogP contribution in [0.25, 0.3) is 10.9 Å². The molecule has 1 aromatic carbocycles. The summed E-state index contributed by atoms with van der Waals surface area (Å²) < 4.78 is 10.7. The SMILES string of the molecule is CC[C@@H]1CN2CCc3c([nH]c4cccc(OC)c34)[C@@H]2C[C@@H]1/C(=C\CO)C(=O)OC. The summed E-state index contributed by atoms with van der Waals surface area (Å²) >= 11 is 0. The van der Waals surface area contributed by atoms with Crippen molar-refractivity contribution >= 4 is 16.9 Å². The molecule has 6 nitrogen and oxygen atoms in total. The molecule has 3 atom stereocenters. The Hall–Kier alpha value is -2.31. The number of rotatable bonds is 5. The van der Waals surface area contributed by atoms with Crippen LogP contribution in [0.15, 0.2) is 29.8 Å². The maximum Gasteiger partial charge on any atom is 0.333 e. The molecule has 2 aliphatic rings. The molecule has 4 rings (SSSR count). The molecular formula is C23H30N2O4. The van der Waals surface area contributed by atoms with Crippen molar-refractivity contribution in [2.75, 3.05) is 33.9 Å². The van der Waals surface area contributed by atoms with E-state index in [-0.39, 0.29) is 24.5 Å². The second-order valence-corrected chi connectivity index (χ2v) is 8.00. The van der Waals surface area contributed by atoms with Gasteiger partial charge in [-0.1, -0.05) is 19.4 Å². The van der Waals surface area contributed by atoms with Crippen molar-refractivity contribution in [3.8, 4) is 5.75 Å². The average molecular weight is 399 g/mol. The van der Waals surface area contributed by atoms with Gasteiger partial charge in [0.1, 0.15) is 5.75 Å². The lowest BCUT2D eigenvalue weighted by atomic mass is 9.73. The molecule has 0 unspecified atom stereocenters. The summed E-state index contributed by atoms with van der Waals surface area (Å²) in [5, 5.41) is 10.7. The first-order chi connectivity index (χ1) is 14.1. The van der Waals surface area contributed by atoms with Gasteiger partial charge in [-0.15, -0.1) is 0 Å². The van der Waals surface area contributed by atoms with Crippen LogP contribution in [0.1, 0.15) is 37.1 Å². The maximum atomic E-state index is 12.5. The average Bonchev–Trinajstić information content (AvgIpc) is 3.15. The van der Waals surface area contributed by atoms with Gasteiger partial charge < -0.3 is 19.6 Å². The quantitative estimate of drug-likeness (QED) is 0.598. The molecule has 29 heavy (non-hydrogen) atoms. The van der Waals surface area contributed by atoms with Gasteiger partial charge in [0.25, 0.3) is 0 Å². The van der Waals surface area contributed by atoms with Crippen LogP contribution in [0.5, 0.6) is 5.75 Å². The fraction of sp³-hybridized carbons (Fsp3) is 0.522. The molecule has 0 radical (unpaired) electrons. The van der Waals surface area contributed by atoms with E-state index >= 15 is 0 Å². The third-order valence-corrected chi connectivity index (χ3v) is 6.74. The number of carbonyl (C=O) groups is 1. The zero-order valence-corrected chi connectivity index (χ0v) is 17.4. The Morgan fingerprint density at radius 3 is 2.90 bits per heavy atom. The Morgan fingerprint density at radius 2 is 2.21 bits per heavy atom. The monoisotopic (exact) mass is 398 g/mol. The summed E-state index contributed by atoms with van der Waals surface area (Å²) in [4.78, 5) is 18.6. The number of aromatic nitrogens is 1. The van der Waals surface area contributed by atoms with Crippen molar-refractivity contribution in [1.82, 2.24) is 9.88 Å². The Kier molecular flexibility index (Phi) is 5.65. The minimum Gasteiger partial charge on any atom is -0.496 e. The fourth-order valence-corrected chi connectivity index (χ4v) is 5.35. The molecule has 2 aliphatic heterocycles. The van der Waals surface area contributed by atoms with Crippen LogP contribution >= 0.6 is 0 Å². The van der Waals surface area contributed by atoms with Crippen LogP contribution < -0.4 is 4.74 Å². The molecule has 2 N–H and O–H groups in total. The molecule has 2 aromatic rings. The first-order valence-corrected chi connectivity index (χ1v) is 10.4. The molecule has 1 fully saturated rings. The number of methoxy groups -OCH3 is 2. The minimum absolute atomic E-state index is 0.0695. The van der Waals surface area contributed by atoms with Gasteiger partial charge >= 0.3 is 5.97 Å². The zero-order valence-electron chi connectivity index (χ0n) is 17.4. The summed E-state index contributed by atoms with van der Waals surface area (Å²) in [6.45, 7) is 3.97. The van der Waals surface area contributed by atoms with Crippen molar-refractivity contribution in [1.29, 1.82) is 0 Å². The van der Waals surface area contributed by atoms with Gasteiger partial charge in [-0.3, -0.25) is 4.90 Å². The van der Waals surface area contributed by atoms with E-state index < -0.39 is 0 Å². The van der Waals surface area contributed by atoms with Crippen molar-refractivity contribution < 1.29 is 19.4 Å². The highest BCUT2D eigenvalue weighted by atomic mass is 16.5. The van der Waals surface area contributed by atoms with Crippen LogP contribution in [0.4, 0.5) is 0 Å². The molecule has 6 heteroatoms. The third-order valence-electron chi connectivity index (χ3n) is 6.74. The van der Waals surface area contributed by atoms with Crippen LogP contribution in [0, 0.1) is 11.8 Å². The number of nitrogens with one attached hydrogen (secondary N) is 1. The first-order valence-electron chi connectivity index (χ1n) is 10.4. The molecule has 1 saturated heterocycles. The van der Waals surface area contributed by atoms with Gasteiger partial charge in [0.2, 0.25) is 0 Å². The lowest BCUT2D eigenvalue weighted by Gasteiger charge is -2.46. The van der Waals surface area contributed by atoms with E-state index in [2.05, 4.69) is 22.9 Å². The number of esters is 1. The van der Waals surface area contributed by atoms with Crippen LogP contribution in [-0.2, 0) is 16.0 Å². The Bertz CT molecular complexity index is 932. The predicted molar refractivity (Wildman–Crippen MR) is 112 cm³/mol. The minimum atomic E-state index is -0.328. The second kappa shape index (κ2) is 8.20. The first kappa shape index (κ1) is 20.0. The van der Waals surface area contributed by atoms with Crippen molar-refractivity contribution in [2.45, 2.75) is 32.2 Å². The topological polar surface area (TPSA) is 74.8 Å². The number of hydrogen-bond acceptors (Lipinski definition) is 5. The van der Waals surface area contributed by atoms with Crippen LogP contribution in [0.3, 0.4) is 0 Å². The highest BCUT2D eigenvalue weighted by molar-refractivity contribution is 5.91. The molecule has 0 bridgehead atoms. The Labute approximate surface area is 171 Å². The number of H-pyrrole nitrogens is 1. The number of fused-ring (bicyclic) bond motifs is 5. The molecule has 0 spiro atoms. The van der Waals surface area contributed by atoms with Gasteiger partial charge in [-0.05, 0) is 48.4 Å². The van der Waals surface area contributed by atoms with Gasteiger partial charge in [-0.2, -0.15) is 0 Å². The molecule has 3 heterocycles. The standard InChI is InChI=1S/C23H30N2O4/c1-4-14-13-25-10-8-16-21-18(6-5-7-20(21)28-2)24-22(16)19(25)12-17(14)15(9-11-26)23(27)29-3/h5-7,9,14,17,19,24,26H,4,8,10-13H2,1-3H3/b15-9+/t14-,17+,19+/m1/s1. The fourth-order valence-electron chi connectivity index (χ4n) is 5.35. The lowest BCUT2D eigenvalue weighted by molar-refractivity contribution is -0.137. The number of benzene rings is 1. The van der Waals surface area contributed by atoms with E-state index in [0.717, 1.165) is 43.6 Å². The normalized spacial score (nSPS) is 24.8. The number of aliphatic hydroxyl groups excluding tert-OH is 1. The van der Waals surface area contributed by atoms with Crippen LogP contribution in [0.2, 0.25) is 0 Å². The molecular weight excluding hydrogens is 368 g/mol. The van der Waals surface area contributed by atoms with Crippen molar-refractivity contribution in [2.24, 2.45) is 11.8 Å². The van der Waals surface area contributed by atoms with Crippen molar-refractivity contribution in [3.05, 3.63) is 41.1 Å². The van der Waals surface area contributed by atoms with Crippen molar-refractivity contribution in [3.63, 3.8) is 0 Å². The van der Waals surface area contributed by atoms with E-state index in [1.165, 1.54) is 23.8 Å². The number of aliphatic hydroxyl groups is 1. The van der Waals surface area contributed by atoms with E-state index in [1.807, 2.05) is 12.1 Å². The summed E-state index contributed by atoms with van der Waals surface area (Å²) in [5.74, 6) is 1.01. The number of carbonyl (C=O) groups excluding carboxylic acids is 1. The molecule has 0 saturated carbocycles. The van der Waals surface area contributed by atoms with E-state index in [0.29, 0.717) is 11.5 Å². The van der Waals surface area contributed by atoms with E-state index in [1.54, 1.807) is 13.2 Å². The summed E-state index contributed by atoms with van der Waals surface area (Å²) in [7, 11) is 3.13. The molecule has 0 amide bonds. The number of piperidine rings is 1. The van der Waals surface area contributed by atoms with Gasteiger partial charge in [0.15, 0.2) is 0 Å². The molecule has 156 valence electrons. The summed E-state index contributed by atoms with van der Waals surface area (Å²) in [6.07, 6.45) is 4.44. The van der Waals surface area contributed by atoms with Gasteiger partial charge in [-0.25, -0.2) is 4.79 Å². The van der Waals surface area contributed by atoms with Gasteiger partial charge in [0, 0.05) is 35.3 Å². The predicted octanol–water partition coefficient (Wildman–Crippen LogP) is 3.21. The summed E-state index contributed by atoms with van der Waals surface area (Å²) in [6, 6.07) is 6.34. The third kappa shape index (κ3) is 3.34. The number of aromatic amines is 1. The smallest absolute Gasteiger partial charge is 0.333 e. The molecule has 0 aliphatic carbocycles. The van der Waals surface area contributed by atoms with Crippen LogP contribution in [-0.4, -0.2) is 54.9 Å². The Morgan fingerprint density at radius 1 is 1.38 bits per heavy atom.